The molecule has 0 aliphatic rings. The van der Waals surface area contributed by atoms with Gasteiger partial charge in [-0.2, -0.15) is 19.5 Å². The van der Waals surface area contributed by atoms with E-state index in [-0.39, 0.29) is 51.8 Å². The first-order chi connectivity index (χ1) is 39.6. The number of carbonyl (C=O) groups is 3. The Balaban J connectivity index is 0.719. The number of benzene rings is 4. The minimum Gasteiger partial charge on any atom is -0.461 e. The molecule has 0 fully saturated rings. The van der Waals surface area contributed by atoms with Crippen molar-refractivity contribution in [3.05, 3.63) is 184 Å². The number of aromatic nitrogens is 7. The molecule has 9 rings (SSSR count). The number of nitrogens with one attached hydrogen (secondary N) is 6. The molecule has 5 heterocycles. The summed E-state index contributed by atoms with van der Waals surface area (Å²) in [6.07, 6.45) is 5.75. The summed E-state index contributed by atoms with van der Waals surface area (Å²) in [5, 5.41) is 25.9. The molecule has 21 heteroatoms. The number of nitrogens with zero attached hydrogens (tertiary/aromatic N) is 7. The number of carbonyl (C=O) groups excluding carboxylic acids is 3. The molecule has 3 amide bonds. The topological polar surface area (TPSA) is 254 Å². The van der Waals surface area contributed by atoms with E-state index in [4.69, 9.17) is 26.2 Å². The fourth-order valence-electron chi connectivity index (χ4n) is 9.92. The van der Waals surface area contributed by atoms with E-state index in [1.807, 2.05) is 75.4 Å². The third kappa shape index (κ3) is 13.6. The maximum absolute atomic E-state index is 13.8. The van der Waals surface area contributed by atoms with E-state index in [2.05, 4.69) is 131 Å². The molecule has 0 aliphatic carbocycles. The zero-order valence-electron chi connectivity index (χ0n) is 46.8. The first-order valence-electron chi connectivity index (χ1n) is 27.1. The quantitative estimate of drug-likeness (QED) is 0.0221. The SMILES string of the molecule is Cc1cc(CNCCNC(=O)CCCNc2nc(N)n3nc(-c4ccco4)nc3n2)cnc1C(=O)Nc1cccc(-c2cccc(NC(=O)c3ncc(CNCCO[Si](c4ccccc4)(c4ccccc4)C(C)(C)C)cc3C)c2Cl)c1C. The third-order valence-electron chi connectivity index (χ3n) is 14.0. The second-order valence-corrected chi connectivity index (χ2v) is 25.5. The van der Waals surface area contributed by atoms with Gasteiger partial charge in [-0.15, -0.1) is 5.10 Å². The van der Waals surface area contributed by atoms with Gasteiger partial charge in [0.15, 0.2) is 5.76 Å². The molecular formula is C61H67ClN14O5Si. The fraction of sp³-hybridized carbons (Fsp3) is 0.262. The van der Waals surface area contributed by atoms with Crippen LogP contribution in [0.15, 0.2) is 144 Å². The number of halogens is 1. The van der Waals surface area contributed by atoms with Crippen LogP contribution in [0.2, 0.25) is 10.1 Å². The number of hydrogen-bond acceptors (Lipinski definition) is 15. The summed E-state index contributed by atoms with van der Waals surface area (Å²) in [6, 6.07) is 39.6. The van der Waals surface area contributed by atoms with Crippen molar-refractivity contribution in [2.45, 2.75) is 72.5 Å². The van der Waals surface area contributed by atoms with Crippen molar-refractivity contribution in [2.24, 2.45) is 0 Å². The largest absolute Gasteiger partial charge is 0.461 e. The molecule has 0 saturated heterocycles. The van der Waals surface area contributed by atoms with Gasteiger partial charge < -0.3 is 46.5 Å². The van der Waals surface area contributed by atoms with Gasteiger partial charge in [-0.05, 0) is 100 Å². The van der Waals surface area contributed by atoms with Crippen LogP contribution in [0.5, 0.6) is 0 Å². The maximum Gasteiger partial charge on any atom is 0.274 e. The molecule has 0 spiro atoms. The first-order valence-corrected chi connectivity index (χ1v) is 29.4. The van der Waals surface area contributed by atoms with Crippen molar-refractivity contribution >= 4 is 77.1 Å². The lowest BCUT2D eigenvalue weighted by atomic mass is 9.98. The number of furan rings is 1. The predicted molar refractivity (Wildman–Crippen MR) is 324 cm³/mol. The zero-order valence-corrected chi connectivity index (χ0v) is 48.5. The van der Waals surface area contributed by atoms with Gasteiger partial charge in [0.25, 0.3) is 25.9 Å². The van der Waals surface area contributed by atoms with Crippen molar-refractivity contribution in [1.82, 2.24) is 50.5 Å². The number of nitrogens with two attached hydrogens (primary N) is 1. The van der Waals surface area contributed by atoms with Gasteiger partial charge in [0.1, 0.15) is 11.4 Å². The Hall–Kier alpha value is -8.66. The smallest absolute Gasteiger partial charge is 0.274 e. The molecule has 0 atom stereocenters. The van der Waals surface area contributed by atoms with E-state index in [9.17, 15) is 14.4 Å². The monoisotopic (exact) mass is 1140 g/mol. The van der Waals surface area contributed by atoms with Gasteiger partial charge >= 0.3 is 0 Å². The highest BCUT2D eigenvalue weighted by atomic mass is 35.5. The van der Waals surface area contributed by atoms with Crippen LogP contribution in [-0.2, 0) is 22.3 Å². The molecule has 0 unspecified atom stereocenters. The standard InChI is InChI=1S/C61H67ClN14O5Si/c1-39-33-42(35-64-28-29-66-51(77)26-15-27-67-59-73-58(63)76-60(74-59)72-55(75-76)50-25-16-31-80-50)37-68-53(39)56(78)70-48-23-13-21-46(41(48)3)47-22-14-24-49(52(47)62)71-57(79)54-40(2)34-43(38-69-54)36-65-30-32-81-82(61(4,5)6,44-17-9-7-10-18-44)45-19-11-8-12-20-45/h7-14,16-25,31,33-34,37-38,64-65H,15,26-30,32,35-36H2,1-6H3,(H,66,77)(H,70,78)(H,71,79)(H3,63,67,72,73,74,75). The summed E-state index contributed by atoms with van der Waals surface area (Å²) in [6.45, 7) is 16.0. The Labute approximate surface area is 482 Å². The number of hydrogen-bond donors (Lipinski definition) is 7. The zero-order chi connectivity index (χ0) is 57.8. The third-order valence-corrected chi connectivity index (χ3v) is 19.4. The van der Waals surface area contributed by atoms with E-state index < -0.39 is 8.32 Å². The molecule has 0 aliphatic heterocycles. The number of aryl methyl sites for hydroxylation is 2. The number of rotatable bonds is 24. The molecule has 0 radical (unpaired) electrons. The summed E-state index contributed by atoms with van der Waals surface area (Å²) in [4.78, 5) is 62.0. The van der Waals surface area contributed by atoms with E-state index in [0.717, 1.165) is 27.8 Å². The molecule has 82 heavy (non-hydrogen) atoms. The van der Waals surface area contributed by atoms with Crippen molar-refractivity contribution in [3.63, 3.8) is 0 Å². The van der Waals surface area contributed by atoms with Crippen molar-refractivity contribution < 1.29 is 23.2 Å². The van der Waals surface area contributed by atoms with Crippen molar-refractivity contribution in [3.8, 4) is 22.7 Å². The van der Waals surface area contributed by atoms with Crippen LogP contribution in [-0.4, -0.2) is 93.4 Å². The van der Waals surface area contributed by atoms with Crippen molar-refractivity contribution in [1.29, 1.82) is 0 Å². The second kappa shape index (κ2) is 26.3. The molecule has 422 valence electrons. The Kier molecular flexibility index (Phi) is 18.6. The van der Waals surface area contributed by atoms with Gasteiger partial charge in [-0.1, -0.05) is 129 Å². The van der Waals surface area contributed by atoms with E-state index >= 15 is 0 Å². The van der Waals surface area contributed by atoms with Crippen LogP contribution >= 0.6 is 11.6 Å². The number of anilines is 4. The minimum atomic E-state index is -2.65. The summed E-state index contributed by atoms with van der Waals surface area (Å²) in [7, 11) is -2.65. The minimum absolute atomic E-state index is 0.0876. The van der Waals surface area contributed by atoms with E-state index in [0.29, 0.717) is 97.8 Å². The number of pyridine rings is 2. The highest BCUT2D eigenvalue weighted by molar-refractivity contribution is 6.99. The molecule has 9 aromatic rings. The highest BCUT2D eigenvalue weighted by Crippen LogP contribution is 2.39. The van der Waals surface area contributed by atoms with Crippen LogP contribution in [0.4, 0.5) is 23.3 Å². The predicted octanol–water partition coefficient (Wildman–Crippen LogP) is 8.67. The van der Waals surface area contributed by atoms with Crippen LogP contribution in [0.3, 0.4) is 0 Å². The average molecular weight is 1140 g/mol. The lowest BCUT2D eigenvalue weighted by Gasteiger charge is -2.43. The molecule has 0 saturated carbocycles. The molecule has 8 N–H and O–H groups in total. The van der Waals surface area contributed by atoms with Crippen LogP contribution in [0.1, 0.15) is 82.4 Å². The van der Waals surface area contributed by atoms with Crippen LogP contribution in [0.25, 0.3) is 28.5 Å². The Bertz CT molecular complexity index is 3650. The summed E-state index contributed by atoms with van der Waals surface area (Å²) in [5.74, 6) is 0.659. The summed E-state index contributed by atoms with van der Waals surface area (Å²) in [5.41, 5.74) is 13.2. The maximum atomic E-state index is 13.8. The Morgan fingerprint density at radius 1 is 0.695 bits per heavy atom. The van der Waals surface area contributed by atoms with Crippen LogP contribution in [0, 0.1) is 20.8 Å². The molecule has 4 aromatic carbocycles. The van der Waals surface area contributed by atoms with Gasteiger partial charge in [0, 0.05) is 75.9 Å². The van der Waals surface area contributed by atoms with Gasteiger partial charge in [-0.3, -0.25) is 24.4 Å². The summed E-state index contributed by atoms with van der Waals surface area (Å²) < 4.78 is 13.7. The number of amides is 3. The lowest BCUT2D eigenvalue weighted by Crippen LogP contribution is -2.66. The fourth-order valence-corrected chi connectivity index (χ4v) is 14.8. The van der Waals surface area contributed by atoms with E-state index in [1.165, 1.54) is 21.2 Å². The second-order valence-electron chi connectivity index (χ2n) is 20.8. The first kappa shape index (κ1) is 58.0. The molecular weight excluding hydrogens is 1070 g/mol. The van der Waals surface area contributed by atoms with E-state index in [1.54, 1.807) is 30.6 Å². The summed E-state index contributed by atoms with van der Waals surface area (Å²) >= 11 is 7.06. The molecule has 0 bridgehead atoms. The number of nitrogen functional groups attached to an aromatic ring is 1. The lowest BCUT2D eigenvalue weighted by molar-refractivity contribution is -0.121. The van der Waals surface area contributed by atoms with Crippen molar-refractivity contribution in [2.75, 3.05) is 54.5 Å². The number of fused-ring (bicyclic) bond motifs is 1. The molecule has 19 nitrogen and oxygen atoms in total. The Morgan fingerprint density at radius 2 is 1.30 bits per heavy atom. The highest BCUT2D eigenvalue weighted by Gasteiger charge is 2.50. The van der Waals surface area contributed by atoms with Crippen LogP contribution < -0.4 is 48.0 Å². The van der Waals surface area contributed by atoms with Gasteiger partial charge in [0.2, 0.25) is 23.6 Å². The Morgan fingerprint density at radius 3 is 1.91 bits per heavy atom. The average Bonchev–Trinajstić information content (AvgIpc) is 4.25. The van der Waals surface area contributed by atoms with Gasteiger partial charge in [0.05, 0.1) is 17.0 Å². The van der Waals surface area contributed by atoms with Gasteiger partial charge in [-0.25, -0.2) is 0 Å². The normalized spacial score (nSPS) is 11.6. The molecule has 5 aromatic heterocycles.